The first kappa shape index (κ1) is 15.6. The summed E-state index contributed by atoms with van der Waals surface area (Å²) >= 11 is 0. The summed E-state index contributed by atoms with van der Waals surface area (Å²) in [4.78, 5) is 4.74. The van der Waals surface area contributed by atoms with Crippen molar-refractivity contribution >= 4 is 16.6 Å². The largest absolute Gasteiger partial charge is 0.493 e. The first-order valence-electron chi connectivity index (χ1n) is 8.33. The van der Waals surface area contributed by atoms with Crippen molar-refractivity contribution in [2.24, 2.45) is 5.41 Å². The van der Waals surface area contributed by atoms with Crippen molar-refractivity contribution in [1.29, 1.82) is 0 Å². The molecule has 0 aliphatic carbocycles. The lowest BCUT2D eigenvalue weighted by Crippen LogP contribution is -2.16. The fourth-order valence-corrected chi connectivity index (χ4v) is 2.63. The van der Waals surface area contributed by atoms with E-state index < -0.39 is 0 Å². The second-order valence-corrected chi connectivity index (χ2v) is 7.35. The van der Waals surface area contributed by atoms with Crippen LogP contribution in [0.2, 0.25) is 0 Å². The van der Waals surface area contributed by atoms with E-state index in [4.69, 9.17) is 9.72 Å². The lowest BCUT2D eigenvalue weighted by molar-refractivity contribution is 0.198. The molecule has 0 radical (unpaired) electrons. The summed E-state index contributed by atoms with van der Waals surface area (Å²) < 4.78 is 7.82. The van der Waals surface area contributed by atoms with Crippen molar-refractivity contribution < 1.29 is 4.74 Å². The van der Waals surface area contributed by atoms with Gasteiger partial charge in [-0.2, -0.15) is 0 Å². The molecule has 25 heavy (non-hydrogen) atoms. The minimum absolute atomic E-state index is 0.131. The average molecular weight is 332 g/mol. The third kappa shape index (κ3) is 3.18. The summed E-state index contributed by atoms with van der Waals surface area (Å²) in [7, 11) is 0. The summed E-state index contributed by atoms with van der Waals surface area (Å²) in [5, 5.41) is 9.51. The molecule has 3 heterocycles. The average Bonchev–Trinajstić information content (AvgIpc) is 3.03. The monoisotopic (exact) mass is 332 g/mol. The SMILES string of the molecule is CC(C)(C)COc1ccc2nc(-c3nnc4ccccn34)ccc2c1. The Morgan fingerprint density at radius 2 is 1.88 bits per heavy atom. The Bertz CT molecular complexity index is 1050. The molecule has 5 heteroatoms. The highest BCUT2D eigenvalue weighted by atomic mass is 16.5. The van der Waals surface area contributed by atoms with Crippen LogP contribution < -0.4 is 4.74 Å². The molecule has 0 fully saturated rings. The second kappa shape index (κ2) is 5.84. The number of pyridine rings is 2. The van der Waals surface area contributed by atoms with E-state index in [1.807, 2.05) is 59.1 Å². The first-order valence-corrected chi connectivity index (χ1v) is 8.33. The molecule has 0 unspecified atom stereocenters. The van der Waals surface area contributed by atoms with E-state index in [9.17, 15) is 0 Å². The molecule has 0 aliphatic heterocycles. The van der Waals surface area contributed by atoms with Crippen LogP contribution in [0.4, 0.5) is 0 Å². The zero-order chi connectivity index (χ0) is 17.4. The number of hydrogen-bond donors (Lipinski definition) is 0. The van der Waals surface area contributed by atoms with Crippen molar-refractivity contribution in [3.05, 3.63) is 54.7 Å². The van der Waals surface area contributed by atoms with Crippen LogP contribution in [0.3, 0.4) is 0 Å². The molecule has 0 bridgehead atoms. The maximum absolute atomic E-state index is 5.88. The molecule has 5 nitrogen and oxygen atoms in total. The standard InChI is InChI=1S/C20H20N4O/c1-20(2,3)13-25-15-8-10-16-14(12-15)7-9-17(21-16)19-23-22-18-6-4-5-11-24(18)19/h4-12H,13H2,1-3H3. The number of ether oxygens (including phenoxy) is 1. The van der Waals surface area contributed by atoms with E-state index in [0.29, 0.717) is 6.61 Å². The Balaban J connectivity index is 1.69. The Hall–Kier alpha value is -2.95. The smallest absolute Gasteiger partial charge is 0.187 e. The topological polar surface area (TPSA) is 52.3 Å². The molecule has 0 saturated carbocycles. The van der Waals surface area contributed by atoms with Gasteiger partial charge in [0.1, 0.15) is 11.4 Å². The molecule has 0 aliphatic rings. The summed E-state index contributed by atoms with van der Waals surface area (Å²) in [5.41, 5.74) is 2.65. The molecular formula is C20H20N4O. The highest BCUT2D eigenvalue weighted by Gasteiger charge is 2.12. The van der Waals surface area contributed by atoms with E-state index in [-0.39, 0.29) is 5.41 Å². The van der Waals surface area contributed by atoms with Crippen LogP contribution in [-0.4, -0.2) is 26.2 Å². The molecule has 4 aromatic rings. The highest BCUT2D eigenvalue weighted by molar-refractivity contribution is 5.82. The maximum Gasteiger partial charge on any atom is 0.187 e. The van der Waals surface area contributed by atoms with Gasteiger partial charge in [0.05, 0.1) is 12.1 Å². The number of nitrogens with zero attached hydrogens (tertiary/aromatic N) is 4. The van der Waals surface area contributed by atoms with Gasteiger partial charge in [0.25, 0.3) is 0 Å². The molecule has 0 amide bonds. The van der Waals surface area contributed by atoms with Crippen LogP contribution in [-0.2, 0) is 0 Å². The van der Waals surface area contributed by atoms with Crippen molar-refractivity contribution in [3.63, 3.8) is 0 Å². The Morgan fingerprint density at radius 3 is 2.72 bits per heavy atom. The lowest BCUT2D eigenvalue weighted by atomic mass is 9.99. The Kier molecular flexibility index (Phi) is 3.64. The van der Waals surface area contributed by atoms with E-state index >= 15 is 0 Å². The van der Waals surface area contributed by atoms with E-state index in [2.05, 4.69) is 31.0 Å². The zero-order valence-electron chi connectivity index (χ0n) is 14.6. The van der Waals surface area contributed by atoms with Gasteiger partial charge >= 0.3 is 0 Å². The van der Waals surface area contributed by atoms with Crippen LogP contribution in [0.15, 0.2) is 54.7 Å². The van der Waals surface area contributed by atoms with Crippen LogP contribution in [0.5, 0.6) is 5.75 Å². The fraction of sp³-hybridized carbons (Fsp3) is 0.250. The van der Waals surface area contributed by atoms with E-state index in [1.54, 1.807) is 0 Å². The maximum atomic E-state index is 5.88. The predicted octanol–water partition coefficient (Wildman–Crippen LogP) is 4.37. The zero-order valence-corrected chi connectivity index (χ0v) is 14.6. The third-order valence-corrected chi connectivity index (χ3v) is 3.88. The van der Waals surface area contributed by atoms with Gasteiger partial charge in [-0.3, -0.25) is 4.40 Å². The van der Waals surface area contributed by atoms with Crippen LogP contribution in [0.25, 0.3) is 28.1 Å². The minimum atomic E-state index is 0.131. The van der Waals surface area contributed by atoms with Gasteiger partial charge in [-0.15, -0.1) is 10.2 Å². The lowest BCUT2D eigenvalue weighted by Gasteiger charge is -2.19. The van der Waals surface area contributed by atoms with Crippen molar-refractivity contribution in [2.45, 2.75) is 20.8 Å². The molecule has 0 N–H and O–H groups in total. The molecule has 1 aromatic carbocycles. The highest BCUT2D eigenvalue weighted by Crippen LogP contribution is 2.25. The van der Waals surface area contributed by atoms with E-state index in [0.717, 1.165) is 33.8 Å². The quantitative estimate of drug-likeness (QED) is 0.559. The van der Waals surface area contributed by atoms with Gasteiger partial charge in [-0.25, -0.2) is 4.98 Å². The Morgan fingerprint density at radius 1 is 1.00 bits per heavy atom. The summed E-state index contributed by atoms with van der Waals surface area (Å²) in [6.07, 6.45) is 1.94. The van der Waals surface area contributed by atoms with Gasteiger partial charge in [-0.05, 0) is 41.8 Å². The van der Waals surface area contributed by atoms with Gasteiger partial charge < -0.3 is 4.74 Å². The van der Waals surface area contributed by atoms with Gasteiger partial charge in [0.15, 0.2) is 11.5 Å². The number of fused-ring (bicyclic) bond motifs is 2. The van der Waals surface area contributed by atoms with Crippen LogP contribution in [0.1, 0.15) is 20.8 Å². The molecule has 3 aromatic heterocycles. The van der Waals surface area contributed by atoms with Crippen molar-refractivity contribution in [2.75, 3.05) is 6.61 Å². The van der Waals surface area contributed by atoms with Crippen LogP contribution in [0, 0.1) is 5.41 Å². The molecular weight excluding hydrogens is 312 g/mol. The fourth-order valence-electron chi connectivity index (χ4n) is 2.63. The number of hydrogen-bond acceptors (Lipinski definition) is 4. The first-order chi connectivity index (χ1) is 12.0. The van der Waals surface area contributed by atoms with Gasteiger partial charge in [-0.1, -0.05) is 32.9 Å². The summed E-state index contributed by atoms with van der Waals surface area (Å²) in [6.45, 7) is 7.15. The predicted molar refractivity (Wildman–Crippen MR) is 98.7 cm³/mol. The van der Waals surface area contributed by atoms with Gasteiger partial charge in [0, 0.05) is 11.6 Å². The summed E-state index contributed by atoms with van der Waals surface area (Å²) in [5.74, 6) is 1.61. The van der Waals surface area contributed by atoms with Crippen LogP contribution >= 0.6 is 0 Å². The second-order valence-electron chi connectivity index (χ2n) is 7.35. The number of rotatable bonds is 3. The molecule has 0 saturated heterocycles. The molecule has 4 rings (SSSR count). The molecule has 0 spiro atoms. The molecule has 0 atom stereocenters. The third-order valence-electron chi connectivity index (χ3n) is 3.88. The van der Waals surface area contributed by atoms with Gasteiger partial charge in [0.2, 0.25) is 0 Å². The Labute approximate surface area is 146 Å². The number of benzene rings is 1. The van der Waals surface area contributed by atoms with E-state index in [1.165, 1.54) is 0 Å². The minimum Gasteiger partial charge on any atom is -0.493 e. The molecule has 126 valence electrons. The summed E-state index contributed by atoms with van der Waals surface area (Å²) in [6, 6.07) is 15.8. The van der Waals surface area contributed by atoms with Crippen molar-refractivity contribution in [1.82, 2.24) is 19.6 Å². The van der Waals surface area contributed by atoms with Crippen molar-refractivity contribution in [3.8, 4) is 17.3 Å². The number of aromatic nitrogens is 4. The normalized spacial score (nSPS) is 12.0.